The van der Waals surface area contributed by atoms with Crippen LogP contribution in [0.5, 0.6) is 0 Å². The van der Waals surface area contributed by atoms with Crippen LogP contribution in [-0.2, 0) is 0 Å². The summed E-state index contributed by atoms with van der Waals surface area (Å²) in [5.74, 6) is 0. The van der Waals surface area contributed by atoms with Gasteiger partial charge in [-0.2, -0.15) is 0 Å². The van der Waals surface area contributed by atoms with E-state index in [-0.39, 0.29) is 0 Å². The van der Waals surface area contributed by atoms with Crippen LogP contribution in [0.1, 0.15) is 22.8 Å². The number of rotatable bonds is 5. The highest BCUT2D eigenvalue weighted by atomic mass is 35.5. The lowest BCUT2D eigenvalue weighted by Crippen LogP contribution is -1.89. The highest BCUT2D eigenvalue weighted by Gasteiger charge is 2.19. The van der Waals surface area contributed by atoms with Gasteiger partial charge >= 0.3 is 0 Å². The van der Waals surface area contributed by atoms with Gasteiger partial charge in [-0.1, -0.05) is 101 Å². The van der Waals surface area contributed by atoms with Crippen molar-refractivity contribution < 1.29 is 0 Å². The zero-order valence-electron chi connectivity index (χ0n) is 28.2. The molecule has 0 saturated carbocycles. The number of hydrogen-bond acceptors (Lipinski definition) is 3. The summed E-state index contributed by atoms with van der Waals surface area (Å²) in [4.78, 5) is 21.0. The Morgan fingerprint density at radius 1 is 0.407 bits per heavy atom. The second-order valence-electron chi connectivity index (χ2n) is 12.8. The monoisotopic (exact) mass is 757 g/mol. The number of benzene rings is 4. The van der Waals surface area contributed by atoms with Crippen molar-refractivity contribution in [2.45, 2.75) is 0 Å². The summed E-state index contributed by atoms with van der Waals surface area (Å²) in [6, 6.07) is 39.1. The normalized spacial score (nSPS) is 11.8. The van der Waals surface area contributed by atoms with Crippen LogP contribution in [0.15, 0.2) is 126 Å². The van der Waals surface area contributed by atoms with Gasteiger partial charge in [0.05, 0.1) is 22.8 Å². The van der Waals surface area contributed by atoms with Crippen molar-refractivity contribution in [2.75, 3.05) is 0 Å². The van der Waals surface area contributed by atoms with Crippen LogP contribution in [0.25, 0.3) is 101 Å². The first-order valence-electron chi connectivity index (χ1n) is 17.0. The maximum Gasteiger partial charge on any atom is 0.0737 e. The average Bonchev–Trinajstić information content (AvgIpc) is 4.02. The fourth-order valence-corrected chi connectivity index (χ4v) is 7.39. The van der Waals surface area contributed by atoms with E-state index in [9.17, 15) is 0 Å². The molecular weight excluding hydrogens is 733 g/mol. The Bertz CT molecular complexity index is 2840. The van der Waals surface area contributed by atoms with Gasteiger partial charge in [-0.15, -0.1) is 0 Å². The molecular formula is C44H26Cl3N7. The molecule has 7 aromatic rings. The van der Waals surface area contributed by atoms with Crippen molar-refractivity contribution >= 4 is 86.9 Å². The molecule has 0 radical (unpaired) electrons. The predicted molar refractivity (Wildman–Crippen MR) is 224 cm³/mol. The zero-order valence-corrected chi connectivity index (χ0v) is 30.5. The molecule has 5 heterocycles. The molecule has 2 aliphatic rings. The molecule has 0 fully saturated rings. The average molecular weight is 759 g/mol. The van der Waals surface area contributed by atoms with E-state index in [2.05, 4.69) is 50.3 Å². The number of halogens is 3. The highest BCUT2D eigenvalue weighted by molar-refractivity contribution is 6.31. The van der Waals surface area contributed by atoms with Gasteiger partial charge < -0.3 is 9.97 Å². The predicted octanol–water partition coefficient (Wildman–Crippen LogP) is 14.2. The molecule has 0 saturated heterocycles. The number of nitrogens with zero attached hydrogens (tertiary/aromatic N) is 5. The molecule has 2 N–H and O–H groups in total. The maximum atomic E-state index is 9.05. The highest BCUT2D eigenvalue weighted by Crippen LogP contribution is 2.39. The molecule has 258 valence electrons. The first-order valence-corrected chi connectivity index (χ1v) is 18.1. The van der Waals surface area contributed by atoms with Gasteiger partial charge in [-0.25, -0.2) is 9.97 Å². The molecule has 0 aliphatic carbocycles. The molecule has 8 bridgehead atoms. The first-order chi connectivity index (χ1) is 26.4. The third-order valence-electron chi connectivity index (χ3n) is 9.47. The van der Waals surface area contributed by atoms with Gasteiger partial charge in [-0.05, 0) is 113 Å². The van der Waals surface area contributed by atoms with Crippen LogP contribution >= 0.6 is 34.8 Å². The van der Waals surface area contributed by atoms with E-state index in [1.807, 2.05) is 103 Å². The Hall–Kier alpha value is -6.34. The van der Waals surface area contributed by atoms with E-state index in [1.165, 1.54) is 0 Å². The molecule has 0 spiro atoms. The van der Waals surface area contributed by atoms with Gasteiger partial charge in [-0.3, -0.25) is 0 Å². The SMILES string of the molecule is [N-]=[N+]=Nc1ccc(-c2c3nc(c(-c4ccc(Cl)cc4)c4ccc([nH]4)c(-c4ccc(Cl)cc4)c4nc(c(-c5ccc(Cl)cc5)c5ccc2[nH]5)C=C4)C=C3)cc1. The second-order valence-corrected chi connectivity index (χ2v) is 14.1. The maximum absolute atomic E-state index is 9.05. The minimum Gasteiger partial charge on any atom is -0.354 e. The third kappa shape index (κ3) is 6.26. The molecule has 0 unspecified atom stereocenters. The number of aromatic nitrogens is 4. The zero-order chi connectivity index (χ0) is 36.8. The number of azide groups is 1. The quantitative estimate of drug-likeness (QED) is 0.104. The Morgan fingerprint density at radius 2 is 0.685 bits per heavy atom. The summed E-state index contributed by atoms with van der Waals surface area (Å²) in [6.07, 6.45) is 8.17. The summed E-state index contributed by atoms with van der Waals surface area (Å²) in [5.41, 5.74) is 23.5. The summed E-state index contributed by atoms with van der Waals surface area (Å²) >= 11 is 19.1. The van der Waals surface area contributed by atoms with Crippen LogP contribution in [0, 0.1) is 0 Å². The van der Waals surface area contributed by atoms with Crippen LogP contribution in [0.3, 0.4) is 0 Å². The molecule has 7 nitrogen and oxygen atoms in total. The molecule has 0 atom stereocenters. The Balaban J connectivity index is 1.45. The molecule has 54 heavy (non-hydrogen) atoms. The standard InChI is InChI=1S/C44H26Cl3N7/c45-29-9-1-25(2-10-29)41-33-17-19-35(49-33)42(26-3-11-30(46)12-4-26)37-21-23-39(51-37)44(28-7-15-32(16-8-28)53-54-48)40-24-22-38(52-40)43(36-20-18-34(41)50-36)27-5-13-31(47)14-6-27/h1-24,49,52H. The van der Waals surface area contributed by atoms with E-state index < -0.39 is 0 Å². The van der Waals surface area contributed by atoms with Crippen LogP contribution in [0.2, 0.25) is 15.1 Å². The second kappa shape index (κ2) is 13.9. The summed E-state index contributed by atoms with van der Waals surface area (Å²) in [5, 5.41) is 5.72. The van der Waals surface area contributed by atoms with Gasteiger partial charge in [0.2, 0.25) is 0 Å². The number of H-pyrrole nitrogens is 2. The van der Waals surface area contributed by atoms with Crippen LogP contribution < -0.4 is 0 Å². The Labute approximate surface area is 324 Å². The lowest BCUT2D eigenvalue weighted by molar-refractivity contribution is 1.31. The summed E-state index contributed by atoms with van der Waals surface area (Å²) < 4.78 is 0. The largest absolute Gasteiger partial charge is 0.354 e. The van der Waals surface area contributed by atoms with Crippen molar-refractivity contribution in [3.05, 3.63) is 170 Å². The van der Waals surface area contributed by atoms with Crippen molar-refractivity contribution in [2.24, 2.45) is 5.11 Å². The Morgan fingerprint density at radius 3 is 0.963 bits per heavy atom. The molecule has 4 aromatic carbocycles. The lowest BCUT2D eigenvalue weighted by atomic mass is 10.0. The third-order valence-corrected chi connectivity index (χ3v) is 10.2. The fraction of sp³-hybridized carbons (Fsp3) is 0. The van der Waals surface area contributed by atoms with Gasteiger partial charge in [0, 0.05) is 70.0 Å². The van der Waals surface area contributed by atoms with Crippen molar-refractivity contribution in [1.29, 1.82) is 0 Å². The molecule has 9 rings (SSSR count). The number of aromatic amines is 2. The minimum atomic E-state index is 0.519. The van der Waals surface area contributed by atoms with E-state index in [1.54, 1.807) is 12.1 Å². The molecule has 2 aliphatic heterocycles. The first kappa shape index (κ1) is 33.5. The number of nitrogens with one attached hydrogen (secondary N) is 2. The van der Waals surface area contributed by atoms with E-state index in [0.29, 0.717) is 20.8 Å². The van der Waals surface area contributed by atoms with E-state index in [4.69, 9.17) is 50.3 Å². The van der Waals surface area contributed by atoms with Crippen molar-refractivity contribution in [3.63, 3.8) is 0 Å². The van der Waals surface area contributed by atoms with E-state index >= 15 is 0 Å². The fourth-order valence-electron chi connectivity index (χ4n) is 7.02. The molecule has 10 heteroatoms. The van der Waals surface area contributed by atoms with Crippen LogP contribution in [-0.4, -0.2) is 19.9 Å². The van der Waals surface area contributed by atoms with Crippen molar-refractivity contribution in [3.8, 4) is 44.5 Å². The van der Waals surface area contributed by atoms with Crippen LogP contribution in [0.4, 0.5) is 5.69 Å². The lowest BCUT2D eigenvalue weighted by Gasteiger charge is -2.07. The smallest absolute Gasteiger partial charge is 0.0737 e. The summed E-state index contributed by atoms with van der Waals surface area (Å²) in [6.45, 7) is 0. The summed E-state index contributed by atoms with van der Waals surface area (Å²) in [7, 11) is 0. The Kier molecular flexibility index (Phi) is 8.62. The number of hydrogen-bond donors (Lipinski definition) is 2. The molecule has 0 amide bonds. The molecule has 3 aromatic heterocycles. The van der Waals surface area contributed by atoms with Gasteiger partial charge in [0.15, 0.2) is 0 Å². The topological polar surface area (TPSA) is 106 Å². The van der Waals surface area contributed by atoms with Crippen molar-refractivity contribution in [1.82, 2.24) is 19.9 Å². The number of fused-ring (bicyclic) bond motifs is 8. The van der Waals surface area contributed by atoms with E-state index in [0.717, 1.165) is 89.4 Å². The minimum absolute atomic E-state index is 0.519. The van der Waals surface area contributed by atoms with Gasteiger partial charge in [0.1, 0.15) is 0 Å². The van der Waals surface area contributed by atoms with Gasteiger partial charge in [0.25, 0.3) is 0 Å².